The van der Waals surface area contributed by atoms with Crippen molar-refractivity contribution >= 4 is 0 Å². The fourth-order valence-electron chi connectivity index (χ4n) is 5.09. The molecule has 3 aromatic rings. The molecule has 0 aromatic heterocycles. The fourth-order valence-corrected chi connectivity index (χ4v) is 5.09. The number of aliphatic hydroxyl groups excluding tert-OH is 3. The number of hydrogen-bond acceptors (Lipinski definition) is 10. The van der Waals surface area contributed by atoms with E-state index in [1.807, 2.05) is 12.1 Å². The first-order chi connectivity index (χ1) is 19.3. The molecule has 1 saturated heterocycles. The third-order valence-electron chi connectivity index (χ3n) is 7.31. The van der Waals surface area contributed by atoms with Gasteiger partial charge >= 0.3 is 0 Å². The topological polar surface area (TPSA) is 147 Å². The van der Waals surface area contributed by atoms with Crippen molar-refractivity contribution in [3.8, 4) is 34.5 Å². The highest BCUT2D eigenvalue weighted by atomic mass is 16.5. The number of hydrogen-bond donors (Lipinski definition) is 5. The van der Waals surface area contributed by atoms with Crippen molar-refractivity contribution in [1.29, 1.82) is 0 Å². The predicted octanol–water partition coefficient (Wildman–Crippen LogP) is 3.14. The van der Waals surface area contributed by atoms with Gasteiger partial charge in [0.25, 0.3) is 0 Å². The first-order valence-corrected chi connectivity index (χ1v) is 12.9. The normalized spacial score (nSPS) is 20.1. The highest BCUT2D eigenvalue weighted by molar-refractivity contribution is 5.45. The van der Waals surface area contributed by atoms with Crippen LogP contribution in [0.2, 0.25) is 0 Å². The molecular weight excluding hydrogens is 520 g/mol. The average molecular weight is 557 g/mol. The van der Waals surface area contributed by atoms with Crippen LogP contribution < -0.4 is 18.9 Å². The van der Waals surface area contributed by atoms with Gasteiger partial charge in [-0.3, -0.25) is 0 Å². The molecule has 10 nitrogen and oxygen atoms in total. The lowest BCUT2D eigenvalue weighted by molar-refractivity contribution is -0.000527. The second kappa shape index (κ2) is 13.1. The summed E-state index contributed by atoms with van der Waals surface area (Å²) in [6.07, 6.45) is -1.97. The number of aromatic hydroxyl groups is 2. The first-order valence-electron chi connectivity index (χ1n) is 12.9. The summed E-state index contributed by atoms with van der Waals surface area (Å²) in [5, 5.41) is 50.8. The van der Waals surface area contributed by atoms with E-state index in [4.69, 9.17) is 23.7 Å². The molecule has 216 valence electrons. The summed E-state index contributed by atoms with van der Waals surface area (Å²) in [6.45, 7) is -0.111. The summed E-state index contributed by atoms with van der Waals surface area (Å²) < 4.78 is 27.9. The maximum atomic E-state index is 10.9. The van der Waals surface area contributed by atoms with E-state index in [1.165, 1.54) is 39.5 Å². The summed E-state index contributed by atoms with van der Waals surface area (Å²) in [7, 11) is 4.39. The monoisotopic (exact) mass is 556 g/mol. The second-order valence-electron chi connectivity index (χ2n) is 9.70. The Labute approximate surface area is 232 Å². The fraction of sp³-hybridized carbons (Fsp3) is 0.400. The number of phenols is 2. The van der Waals surface area contributed by atoms with Crippen LogP contribution in [0.4, 0.5) is 0 Å². The Bertz CT molecular complexity index is 1280. The van der Waals surface area contributed by atoms with Crippen LogP contribution in [0.5, 0.6) is 34.5 Å². The predicted molar refractivity (Wildman–Crippen MR) is 145 cm³/mol. The average Bonchev–Trinajstić information content (AvgIpc) is 3.38. The summed E-state index contributed by atoms with van der Waals surface area (Å²) in [6, 6.07) is 14.9. The molecule has 0 unspecified atom stereocenters. The lowest BCUT2D eigenvalue weighted by Crippen LogP contribution is -2.29. The Balaban J connectivity index is 1.48. The summed E-state index contributed by atoms with van der Waals surface area (Å²) in [5.41, 5.74) is 2.16. The van der Waals surface area contributed by atoms with E-state index >= 15 is 0 Å². The van der Waals surface area contributed by atoms with Crippen molar-refractivity contribution in [1.82, 2.24) is 0 Å². The van der Waals surface area contributed by atoms with Gasteiger partial charge in [-0.2, -0.15) is 0 Å². The van der Waals surface area contributed by atoms with Crippen molar-refractivity contribution < 1.29 is 49.2 Å². The zero-order chi connectivity index (χ0) is 28.8. The van der Waals surface area contributed by atoms with Crippen LogP contribution in [0.25, 0.3) is 0 Å². The van der Waals surface area contributed by atoms with E-state index in [0.717, 1.165) is 11.1 Å². The third kappa shape index (κ3) is 6.20. The molecular formula is C30H36O10. The highest BCUT2D eigenvalue weighted by Gasteiger charge is 2.38. The molecule has 0 saturated carbocycles. The van der Waals surface area contributed by atoms with Gasteiger partial charge in [0, 0.05) is 12.5 Å². The summed E-state index contributed by atoms with van der Waals surface area (Å²) in [5.74, 6) is 1.11. The molecule has 0 aliphatic carbocycles. The zero-order valence-electron chi connectivity index (χ0n) is 22.7. The zero-order valence-corrected chi connectivity index (χ0v) is 22.7. The van der Waals surface area contributed by atoms with E-state index < -0.39 is 18.8 Å². The van der Waals surface area contributed by atoms with Gasteiger partial charge in [-0.05, 0) is 65.4 Å². The van der Waals surface area contributed by atoms with E-state index in [1.54, 1.807) is 24.3 Å². The molecule has 4 rings (SSSR count). The molecule has 5 atom stereocenters. The Morgan fingerprint density at radius 3 is 2.15 bits per heavy atom. The molecule has 0 spiro atoms. The van der Waals surface area contributed by atoms with Gasteiger partial charge in [0.05, 0.1) is 40.6 Å². The molecule has 1 aliphatic rings. The maximum absolute atomic E-state index is 10.9. The molecule has 40 heavy (non-hydrogen) atoms. The Morgan fingerprint density at radius 2 is 1.50 bits per heavy atom. The molecule has 1 heterocycles. The van der Waals surface area contributed by atoms with Gasteiger partial charge < -0.3 is 49.2 Å². The van der Waals surface area contributed by atoms with Gasteiger partial charge in [-0.1, -0.05) is 18.2 Å². The van der Waals surface area contributed by atoms with Crippen molar-refractivity contribution in [3.05, 3.63) is 71.3 Å². The van der Waals surface area contributed by atoms with Crippen LogP contribution in [-0.2, 0) is 11.2 Å². The van der Waals surface area contributed by atoms with Crippen molar-refractivity contribution in [3.63, 3.8) is 0 Å². The van der Waals surface area contributed by atoms with Crippen LogP contribution in [0.15, 0.2) is 54.6 Å². The quantitative estimate of drug-likeness (QED) is 0.225. The SMILES string of the molecule is COc1cc([C@H](O)[C@H](CO)Oc2ccc(C[C@@H]3CO[C@@H](c4ccc(O)c(OC)c4)[C@@H]3CO)cc2OC)ccc1O. The van der Waals surface area contributed by atoms with Crippen LogP contribution in [0.3, 0.4) is 0 Å². The number of methoxy groups -OCH3 is 3. The summed E-state index contributed by atoms with van der Waals surface area (Å²) in [4.78, 5) is 0. The van der Waals surface area contributed by atoms with E-state index in [-0.39, 0.29) is 41.8 Å². The number of benzene rings is 3. The van der Waals surface area contributed by atoms with Crippen molar-refractivity contribution in [2.45, 2.75) is 24.7 Å². The largest absolute Gasteiger partial charge is 0.504 e. The molecule has 10 heteroatoms. The molecule has 1 aliphatic heterocycles. The Morgan fingerprint density at radius 1 is 0.825 bits per heavy atom. The standard InChI is InChI=1S/C30H36O10/c1-36-25-12-18(5-7-22(25)33)29(35)28(15-32)40-24-9-4-17(11-27(24)38-3)10-20-16-39-30(21(20)14-31)19-6-8-23(34)26(13-19)37-2/h4-9,11-13,20-21,28-35H,10,14-16H2,1-3H3/t20-,21-,28+,29+,30+/m1/s1. The van der Waals surface area contributed by atoms with Gasteiger partial charge in [0.15, 0.2) is 40.6 Å². The first kappa shape index (κ1) is 29.3. The van der Waals surface area contributed by atoms with Gasteiger partial charge in [0.2, 0.25) is 0 Å². The van der Waals surface area contributed by atoms with Gasteiger partial charge in [-0.15, -0.1) is 0 Å². The summed E-state index contributed by atoms with van der Waals surface area (Å²) >= 11 is 0. The number of ether oxygens (including phenoxy) is 5. The van der Waals surface area contributed by atoms with Crippen LogP contribution >= 0.6 is 0 Å². The van der Waals surface area contributed by atoms with E-state index in [0.29, 0.717) is 35.8 Å². The molecule has 1 fully saturated rings. The highest BCUT2D eigenvalue weighted by Crippen LogP contribution is 2.42. The van der Waals surface area contributed by atoms with E-state index in [9.17, 15) is 25.5 Å². The minimum absolute atomic E-state index is 0.0164. The lowest BCUT2D eigenvalue weighted by atomic mass is 9.84. The number of aliphatic hydroxyl groups is 3. The Kier molecular flexibility index (Phi) is 9.59. The second-order valence-corrected chi connectivity index (χ2v) is 9.70. The third-order valence-corrected chi connectivity index (χ3v) is 7.31. The van der Waals surface area contributed by atoms with Crippen LogP contribution in [0.1, 0.15) is 28.9 Å². The van der Waals surface area contributed by atoms with Gasteiger partial charge in [-0.25, -0.2) is 0 Å². The van der Waals surface area contributed by atoms with Gasteiger partial charge in [0.1, 0.15) is 6.10 Å². The number of rotatable bonds is 12. The molecule has 3 aromatic carbocycles. The van der Waals surface area contributed by atoms with Crippen LogP contribution in [0, 0.1) is 11.8 Å². The maximum Gasteiger partial charge on any atom is 0.161 e. The minimum atomic E-state index is -1.21. The molecule has 0 radical (unpaired) electrons. The Hall–Kier alpha value is -3.70. The molecule has 0 bridgehead atoms. The number of phenolic OH excluding ortho intramolecular Hbond substituents is 2. The van der Waals surface area contributed by atoms with Crippen molar-refractivity contribution in [2.75, 3.05) is 41.2 Å². The smallest absolute Gasteiger partial charge is 0.161 e. The lowest BCUT2D eigenvalue weighted by Gasteiger charge is -2.25. The van der Waals surface area contributed by atoms with Crippen molar-refractivity contribution in [2.24, 2.45) is 11.8 Å². The van der Waals surface area contributed by atoms with E-state index in [2.05, 4.69) is 0 Å². The molecule has 5 N–H and O–H groups in total. The minimum Gasteiger partial charge on any atom is -0.504 e. The van der Waals surface area contributed by atoms with Crippen LogP contribution in [-0.4, -0.2) is 72.8 Å². The molecule has 0 amide bonds.